The van der Waals surface area contributed by atoms with Crippen LogP contribution in [0, 0.1) is 5.41 Å². The number of carbonyl (C=O) groups excluding carboxylic acids is 1. The highest BCUT2D eigenvalue weighted by atomic mass is 127. The maximum atomic E-state index is 12.0. The predicted octanol–water partition coefficient (Wildman–Crippen LogP) is 1.48. The lowest BCUT2D eigenvalue weighted by molar-refractivity contribution is -0.127. The van der Waals surface area contributed by atoms with Crippen molar-refractivity contribution in [1.82, 2.24) is 20.0 Å². The third-order valence-electron chi connectivity index (χ3n) is 6.04. The average Bonchev–Trinajstić information content (AvgIpc) is 2.60. The van der Waals surface area contributed by atoms with Crippen LogP contribution in [0.5, 0.6) is 0 Å². The van der Waals surface area contributed by atoms with Crippen molar-refractivity contribution < 1.29 is 9.53 Å². The first-order valence-corrected chi connectivity index (χ1v) is 9.71. The van der Waals surface area contributed by atoms with Gasteiger partial charge in [-0.2, -0.15) is 0 Å². The first-order chi connectivity index (χ1) is 12.1. The van der Waals surface area contributed by atoms with E-state index in [-0.39, 0.29) is 47.4 Å². The summed E-state index contributed by atoms with van der Waals surface area (Å²) in [7, 11) is 3.54. The molecule has 1 amide bonds. The number of likely N-dealkylation sites (N-methyl/N-ethyl adjacent to an activating group) is 1. The Kier molecular flexibility index (Phi) is 9.27. The summed E-state index contributed by atoms with van der Waals surface area (Å²) in [4.78, 5) is 22.9. The van der Waals surface area contributed by atoms with Crippen LogP contribution in [0.25, 0.3) is 0 Å². The Bertz CT molecular complexity index is 516. The molecule has 2 rings (SSSR count). The summed E-state index contributed by atoms with van der Waals surface area (Å²) in [5, 5.41) is 3.50. The highest BCUT2D eigenvalue weighted by molar-refractivity contribution is 14.0. The lowest BCUT2D eigenvalue weighted by Crippen LogP contribution is -2.72. The molecule has 2 aliphatic heterocycles. The van der Waals surface area contributed by atoms with Gasteiger partial charge in [-0.25, -0.2) is 4.99 Å². The summed E-state index contributed by atoms with van der Waals surface area (Å²) in [6.07, 6.45) is 1.05. The summed E-state index contributed by atoms with van der Waals surface area (Å²) in [5.41, 5.74) is 0.249. The van der Waals surface area contributed by atoms with Gasteiger partial charge in [0.2, 0.25) is 5.91 Å². The Balaban J connectivity index is 0.00000364. The summed E-state index contributed by atoms with van der Waals surface area (Å²) in [5.74, 6) is 0.877. The summed E-state index contributed by atoms with van der Waals surface area (Å²) < 4.78 is 5.39. The van der Waals surface area contributed by atoms with E-state index in [0.717, 1.165) is 58.3 Å². The number of hydrogen-bond acceptors (Lipinski definition) is 4. The molecule has 0 spiro atoms. The molecule has 0 bridgehead atoms. The molecule has 0 atom stereocenters. The fourth-order valence-corrected chi connectivity index (χ4v) is 3.25. The number of likely N-dealkylation sites (tertiary alicyclic amines) is 1. The van der Waals surface area contributed by atoms with E-state index in [4.69, 9.17) is 4.74 Å². The van der Waals surface area contributed by atoms with Gasteiger partial charge in [-0.15, -0.1) is 24.0 Å². The van der Waals surface area contributed by atoms with Crippen molar-refractivity contribution in [3.63, 3.8) is 0 Å². The number of amides is 1. The van der Waals surface area contributed by atoms with E-state index >= 15 is 0 Å². The van der Waals surface area contributed by atoms with E-state index in [1.54, 1.807) is 19.0 Å². The van der Waals surface area contributed by atoms with Gasteiger partial charge in [0.05, 0.1) is 13.2 Å². The smallest absolute Gasteiger partial charge is 0.243 e. The van der Waals surface area contributed by atoms with E-state index in [1.165, 1.54) is 0 Å². The fourth-order valence-electron chi connectivity index (χ4n) is 3.25. The molecule has 0 radical (unpaired) electrons. The van der Waals surface area contributed by atoms with Crippen LogP contribution >= 0.6 is 24.0 Å². The predicted molar refractivity (Wildman–Crippen MR) is 121 cm³/mol. The van der Waals surface area contributed by atoms with Gasteiger partial charge in [0.1, 0.15) is 6.54 Å². The molecule has 0 aliphatic carbocycles. The number of rotatable bonds is 6. The Labute approximate surface area is 181 Å². The van der Waals surface area contributed by atoms with Gasteiger partial charge >= 0.3 is 0 Å². The van der Waals surface area contributed by atoms with E-state index in [0.29, 0.717) is 0 Å². The second-order valence-electron chi connectivity index (χ2n) is 8.69. The Morgan fingerprint density at radius 2 is 1.81 bits per heavy atom. The molecule has 158 valence electrons. The van der Waals surface area contributed by atoms with Crippen LogP contribution in [0.2, 0.25) is 0 Å². The maximum absolute atomic E-state index is 12.0. The second kappa shape index (κ2) is 10.2. The number of halogens is 1. The first-order valence-electron chi connectivity index (χ1n) is 9.71. The summed E-state index contributed by atoms with van der Waals surface area (Å²) in [6.45, 7) is 15.8. The van der Waals surface area contributed by atoms with Gasteiger partial charge in [0, 0.05) is 51.2 Å². The molecule has 2 fully saturated rings. The highest BCUT2D eigenvalue weighted by Crippen LogP contribution is 2.46. The molecule has 7 nitrogen and oxygen atoms in total. The first kappa shape index (κ1) is 24.4. The molecule has 27 heavy (non-hydrogen) atoms. The molecule has 8 heteroatoms. The van der Waals surface area contributed by atoms with Crippen molar-refractivity contribution in [1.29, 1.82) is 0 Å². The van der Waals surface area contributed by atoms with Crippen LogP contribution in [0.1, 0.15) is 34.1 Å². The summed E-state index contributed by atoms with van der Waals surface area (Å²) in [6, 6.07) is 0. The average molecular weight is 495 g/mol. The van der Waals surface area contributed by atoms with Crippen LogP contribution in [0.15, 0.2) is 4.99 Å². The van der Waals surface area contributed by atoms with Crippen LogP contribution in [0.3, 0.4) is 0 Å². The number of guanidine groups is 1. The number of morpholine rings is 1. The SMILES string of the molecule is CN(C)C(=O)CN=C(NCCCN1CCOCC1)N1CC(C)(C)C1(C)C.I. The third kappa shape index (κ3) is 6.19. The Hall–Kier alpha value is -0.610. The van der Waals surface area contributed by atoms with Gasteiger partial charge in [-0.1, -0.05) is 13.8 Å². The van der Waals surface area contributed by atoms with Crippen LogP contribution in [-0.4, -0.2) is 98.7 Å². The van der Waals surface area contributed by atoms with Crippen molar-refractivity contribution in [3.8, 4) is 0 Å². The minimum absolute atomic E-state index is 0. The second-order valence-corrected chi connectivity index (χ2v) is 8.69. The van der Waals surface area contributed by atoms with E-state index in [2.05, 4.69) is 47.8 Å². The minimum Gasteiger partial charge on any atom is -0.379 e. The normalized spacial score (nSPS) is 21.9. The van der Waals surface area contributed by atoms with Crippen molar-refractivity contribution in [2.75, 3.05) is 66.6 Å². The summed E-state index contributed by atoms with van der Waals surface area (Å²) >= 11 is 0. The molecular formula is C19H38IN5O2. The molecule has 0 unspecified atom stereocenters. The molecule has 2 saturated heterocycles. The number of ether oxygens (including phenoxy) is 1. The largest absolute Gasteiger partial charge is 0.379 e. The molecule has 0 aromatic rings. The zero-order valence-electron chi connectivity index (χ0n) is 17.9. The number of hydrogen-bond donors (Lipinski definition) is 1. The number of carbonyl (C=O) groups is 1. The van der Waals surface area contributed by atoms with Crippen molar-refractivity contribution >= 4 is 35.8 Å². The molecule has 0 aromatic carbocycles. The maximum Gasteiger partial charge on any atom is 0.243 e. The van der Waals surface area contributed by atoms with E-state index in [1.807, 2.05) is 0 Å². The van der Waals surface area contributed by atoms with Crippen LogP contribution in [0.4, 0.5) is 0 Å². The molecule has 1 N–H and O–H groups in total. The van der Waals surface area contributed by atoms with Crippen molar-refractivity contribution in [2.45, 2.75) is 39.7 Å². The minimum atomic E-state index is 0. The van der Waals surface area contributed by atoms with Gasteiger partial charge in [-0.3, -0.25) is 9.69 Å². The third-order valence-corrected chi connectivity index (χ3v) is 6.04. The molecular weight excluding hydrogens is 457 g/mol. The van der Waals surface area contributed by atoms with Crippen LogP contribution < -0.4 is 5.32 Å². The standard InChI is InChI=1S/C19H37N5O2.HI/c1-18(2)15-24(19(18,3)4)17(21-14-16(25)22(5)6)20-8-7-9-23-10-12-26-13-11-23;/h7-15H2,1-6H3,(H,20,21);1H. The van der Waals surface area contributed by atoms with Gasteiger partial charge < -0.3 is 19.9 Å². The zero-order valence-corrected chi connectivity index (χ0v) is 20.2. The monoisotopic (exact) mass is 495 g/mol. The Morgan fingerprint density at radius 3 is 2.33 bits per heavy atom. The molecule has 2 heterocycles. The number of nitrogens with zero attached hydrogens (tertiary/aromatic N) is 4. The molecule has 2 aliphatic rings. The quantitative estimate of drug-likeness (QED) is 0.262. The highest BCUT2D eigenvalue weighted by Gasteiger charge is 2.53. The Morgan fingerprint density at radius 1 is 1.19 bits per heavy atom. The van der Waals surface area contributed by atoms with Crippen molar-refractivity contribution in [3.05, 3.63) is 0 Å². The molecule has 0 saturated carbocycles. The van der Waals surface area contributed by atoms with E-state index < -0.39 is 0 Å². The zero-order chi connectivity index (χ0) is 19.4. The van der Waals surface area contributed by atoms with Crippen LogP contribution in [-0.2, 0) is 9.53 Å². The molecule has 0 aromatic heterocycles. The fraction of sp³-hybridized carbons (Fsp3) is 0.895. The van der Waals surface area contributed by atoms with Gasteiger partial charge in [0.15, 0.2) is 5.96 Å². The lowest BCUT2D eigenvalue weighted by atomic mass is 9.65. The van der Waals surface area contributed by atoms with Crippen molar-refractivity contribution in [2.24, 2.45) is 10.4 Å². The number of aliphatic imine (C=N–C) groups is 1. The van der Waals surface area contributed by atoms with Gasteiger partial charge in [-0.05, 0) is 26.8 Å². The van der Waals surface area contributed by atoms with E-state index in [9.17, 15) is 4.79 Å². The van der Waals surface area contributed by atoms with Gasteiger partial charge in [0.25, 0.3) is 0 Å². The number of nitrogens with one attached hydrogen (secondary N) is 1. The topological polar surface area (TPSA) is 60.4 Å². The lowest BCUT2D eigenvalue weighted by Gasteiger charge is -2.62.